The number of unbranched alkanes of at least 4 members (excludes halogenated alkanes) is 1. The maximum Gasteiger partial charge on any atom is 0.319 e. The highest BCUT2D eigenvalue weighted by Crippen LogP contribution is 2.47. The van der Waals surface area contributed by atoms with Gasteiger partial charge in [0.2, 0.25) is 18.4 Å². The SMILES string of the molecule is CCCCN(C(=O)CN1C[C@H](c2cc(OC)c3c(c2)OCO3)[C@@H](C(=O)O)[C@@H]1CCN1CCN(C)C1=O)c1cccc(CN)c1. The molecule has 3 aliphatic heterocycles. The number of benzene rings is 2. The lowest BCUT2D eigenvalue weighted by Crippen LogP contribution is -2.46. The monoisotopic (exact) mass is 609 g/mol. The zero-order valence-corrected chi connectivity index (χ0v) is 25.7. The number of carboxylic acid groups (broad SMARTS) is 1. The number of urea groups is 1. The van der Waals surface area contributed by atoms with Gasteiger partial charge in [-0.2, -0.15) is 0 Å². The highest BCUT2D eigenvalue weighted by atomic mass is 16.7. The molecule has 3 aliphatic rings. The Morgan fingerprint density at radius 2 is 2.00 bits per heavy atom. The fourth-order valence-corrected chi connectivity index (χ4v) is 6.58. The van der Waals surface area contributed by atoms with Crippen LogP contribution in [0.1, 0.15) is 43.2 Å². The standard InChI is InChI=1S/C32H43N5O7/c1-4-5-10-37(23-8-6-7-21(14-23)17-33)28(38)19-36-18-24(22-15-26(42-3)30-27(16-22)43-20-44-30)29(31(39)40)25(36)9-11-35-13-12-34(2)32(35)41/h6-8,14-16,24-25,29H,4-5,9-13,17-20,33H2,1-3H3,(H,39,40)/t24-,25+,29-/m1/s1. The third kappa shape index (κ3) is 6.41. The van der Waals surface area contributed by atoms with Crippen LogP contribution in [-0.4, -0.2) is 104 Å². The number of nitrogens with two attached hydrogens (primary N) is 1. The summed E-state index contributed by atoms with van der Waals surface area (Å²) in [6.45, 7) is 5.04. The average Bonchev–Trinajstić information content (AvgIpc) is 3.73. The molecule has 12 heteroatoms. The smallest absolute Gasteiger partial charge is 0.319 e. The van der Waals surface area contributed by atoms with Gasteiger partial charge in [-0.3, -0.25) is 14.5 Å². The first-order chi connectivity index (χ1) is 21.2. The summed E-state index contributed by atoms with van der Waals surface area (Å²) in [6, 6.07) is 10.7. The molecule has 2 fully saturated rings. The summed E-state index contributed by atoms with van der Waals surface area (Å²) in [5, 5.41) is 10.6. The van der Waals surface area contributed by atoms with Gasteiger partial charge in [-0.1, -0.05) is 25.5 Å². The molecule has 3 amide bonds. The minimum atomic E-state index is -0.949. The van der Waals surface area contributed by atoms with Crippen molar-refractivity contribution in [3.63, 3.8) is 0 Å². The van der Waals surface area contributed by atoms with E-state index in [4.69, 9.17) is 19.9 Å². The molecule has 2 aromatic carbocycles. The second-order valence-corrected chi connectivity index (χ2v) is 11.7. The number of amides is 3. The number of ether oxygens (including phenoxy) is 3. The van der Waals surface area contributed by atoms with Gasteiger partial charge >= 0.3 is 12.0 Å². The van der Waals surface area contributed by atoms with Gasteiger partial charge in [0.05, 0.1) is 19.6 Å². The van der Waals surface area contributed by atoms with E-state index in [1.807, 2.05) is 35.2 Å². The van der Waals surface area contributed by atoms with Crippen LogP contribution in [0.25, 0.3) is 0 Å². The summed E-state index contributed by atoms with van der Waals surface area (Å²) in [4.78, 5) is 46.9. The summed E-state index contributed by atoms with van der Waals surface area (Å²) < 4.78 is 16.8. The third-order valence-corrected chi connectivity index (χ3v) is 8.97. The Labute approximate surface area is 258 Å². The van der Waals surface area contributed by atoms with Crippen molar-refractivity contribution in [2.24, 2.45) is 11.7 Å². The van der Waals surface area contributed by atoms with Crippen molar-refractivity contribution in [2.75, 3.05) is 65.1 Å². The van der Waals surface area contributed by atoms with E-state index in [0.717, 1.165) is 29.7 Å². The largest absolute Gasteiger partial charge is 0.493 e. The molecule has 0 aliphatic carbocycles. The van der Waals surface area contributed by atoms with Crippen LogP contribution < -0.4 is 24.8 Å². The number of hydrogen-bond donors (Lipinski definition) is 2. The molecule has 0 radical (unpaired) electrons. The van der Waals surface area contributed by atoms with Crippen LogP contribution in [-0.2, 0) is 16.1 Å². The molecule has 3 heterocycles. The highest BCUT2D eigenvalue weighted by molar-refractivity contribution is 5.95. The second-order valence-electron chi connectivity index (χ2n) is 11.7. The number of hydrogen-bond acceptors (Lipinski definition) is 8. The van der Waals surface area contributed by atoms with Crippen molar-refractivity contribution in [3.05, 3.63) is 47.5 Å². The van der Waals surface area contributed by atoms with E-state index in [2.05, 4.69) is 6.92 Å². The number of likely N-dealkylation sites (tertiary alicyclic amines) is 1. The Kier molecular flexibility index (Phi) is 9.80. The minimum absolute atomic E-state index is 0.0387. The molecule has 0 unspecified atom stereocenters. The van der Waals surface area contributed by atoms with Crippen LogP contribution in [0.4, 0.5) is 10.5 Å². The Balaban J connectivity index is 1.46. The summed E-state index contributed by atoms with van der Waals surface area (Å²) >= 11 is 0. The van der Waals surface area contributed by atoms with Gasteiger partial charge in [0.25, 0.3) is 0 Å². The van der Waals surface area contributed by atoms with Crippen LogP contribution in [0.5, 0.6) is 17.2 Å². The lowest BCUT2D eigenvalue weighted by atomic mass is 9.84. The molecule has 12 nitrogen and oxygen atoms in total. The summed E-state index contributed by atoms with van der Waals surface area (Å²) in [6.07, 6.45) is 2.16. The Morgan fingerprint density at radius 1 is 1.18 bits per heavy atom. The molecule has 44 heavy (non-hydrogen) atoms. The van der Waals surface area contributed by atoms with E-state index in [1.54, 1.807) is 27.8 Å². The Morgan fingerprint density at radius 3 is 2.68 bits per heavy atom. The molecule has 0 spiro atoms. The molecule has 5 rings (SSSR count). The van der Waals surface area contributed by atoms with Gasteiger partial charge in [-0.05, 0) is 48.2 Å². The van der Waals surface area contributed by atoms with E-state index in [0.29, 0.717) is 62.9 Å². The van der Waals surface area contributed by atoms with Crippen molar-refractivity contribution in [1.29, 1.82) is 0 Å². The quantitative estimate of drug-likeness (QED) is 0.351. The molecule has 3 N–H and O–H groups in total. The number of methoxy groups -OCH3 is 1. The topological polar surface area (TPSA) is 138 Å². The van der Waals surface area contributed by atoms with Crippen LogP contribution in [0.3, 0.4) is 0 Å². The van der Waals surface area contributed by atoms with Crippen LogP contribution in [0.2, 0.25) is 0 Å². The number of fused-ring (bicyclic) bond motifs is 1. The number of nitrogens with zero attached hydrogens (tertiary/aromatic N) is 4. The summed E-state index contributed by atoms with van der Waals surface area (Å²) in [5.41, 5.74) is 8.34. The van der Waals surface area contributed by atoms with E-state index in [1.165, 1.54) is 7.11 Å². The van der Waals surface area contributed by atoms with Gasteiger partial charge < -0.3 is 39.8 Å². The normalized spacial score (nSPS) is 21.3. The second kappa shape index (κ2) is 13.7. The number of carboxylic acids is 1. The molecular formula is C32H43N5O7. The first-order valence-corrected chi connectivity index (χ1v) is 15.3. The molecule has 0 aromatic heterocycles. The molecule has 238 valence electrons. The Bertz CT molecular complexity index is 1370. The van der Waals surface area contributed by atoms with Gasteiger partial charge in [-0.25, -0.2) is 4.79 Å². The first kappa shape index (κ1) is 31.4. The predicted octanol–water partition coefficient (Wildman–Crippen LogP) is 2.94. The zero-order valence-electron chi connectivity index (χ0n) is 25.7. The number of aliphatic carboxylic acids is 1. The molecule has 0 saturated carbocycles. The van der Waals surface area contributed by atoms with Crippen LogP contribution in [0, 0.1) is 5.92 Å². The highest BCUT2D eigenvalue weighted by Gasteiger charge is 2.48. The molecular weight excluding hydrogens is 566 g/mol. The number of likely N-dealkylation sites (N-methyl/N-ethyl adjacent to an activating group) is 1. The molecule has 3 atom stereocenters. The number of anilines is 1. The summed E-state index contributed by atoms with van der Waals surface area (Å²) in [5.74, 6) is -0.860. The van der Waals surface area contributed by atoms with Crippen molar-refractivity contribution in [3.8, 4) is 17.2 Å². The number of carbonyl (C=O) groups is 3. The van der Waals surface area contributed by atoms with Gasteiger partial charge in [-0.15, -0.1) is 0 Å². The van der Waals surface area contributed by atoms with Crippen molar-refractivity contribution in [2.45, 2.75) is 44.7 Å². The average molecular weight is 610 g/mol. The van der Waals surface area contributed by atoms with E-state index >= 15 is 0 Å². The van der Waals surface area contributed by atoms with Gasteiger partial charge in [0.1, 0.15) is 0 Å². The van der Waals surface area contributed by atoms with Crippen LogP contribution in [0.15, 0.2) is 36.4 Å². The van der Waals surface area contributed by atoms with Crippen molar-refractivity contribution >= 4 is 23.6 Å². The van der Waals surface area contributed by atoms with Gasteiger partial charge in [0.15, 0.2) is 11.5 Å². The van der Waals surface area contributed by atoms with E-state index in [9.17, 15) is 19.5 Å². The third-order valence-electron chi connectivity index (χ3n) is 8.97. The zero-order chi connectivity index (χ0) is 31.4. The fourth-order valence-electron chi connectivity index (χ4n) is 6.58. The van der Waals surface area contributed by atoms with E-state index in [-0.39, 0.29) is 25.3 Å². The van der Waals surface area contributed by atoms with Crippen molar-refractivity contribution in [1.82, 2.24) is 14.7 Å². The van der Waals surface area contributed by atoms with E-state index < -0.39 is 23.8 Å². The maximum absolute atomic E-state index is 14.1. The number of rotatable bonds is 13. The van der Waals surface area contributed by atoms with Crippen LogP contribution >= 0.6 is 0 Å². The molecule has 2 saturated heterocycles. The van der Waals surface area contributed by atoms with Gasteiger partial charge in [0, 0.05) is 64.0 Å². The maximum atomic E-state index is 14.1. The Hall–Kier alpha value is -4.03. The lowest BCUT2D eigenvalue weighted by Gasteiger charge is -2.31. The molecule has 0 bridgehead atoms. The minimum Gasteiger partial charge on any atom is -0.493 e. The van der Waals surface area contributed by atoms with Crippen molar-refractivity contribution < 1.29 is 33.7 Å². The predicted molar refractivity (Wildman–Crippen MR) is 164 cm³/mol. The lowest BCUT2D eigenvalue weighted by molar-refractivity contribution is -0.143. The number of carbonyl (C=O) groups excluding carboxylic acids is 2. The fraction of sp³-hybridized carbons (Fsp3) is 0.531. The summed E-state index contributed by atoms with van der Waals surface area (Å²) in [7, 11) is 3.29. The molecule has 2 aromatic rings. The first-order valence-electron chi connectivity index (χ1n) is 15.3.